The van der Waals surface area contributed by atoms with Crippen molar-refractivity contribution in [2.24, 2.45) is 0 Å². The predicted octanol–water partition coefficient (Wildman–Crippen LogP) is 4.18. The standard InChI is InChI=1S/C26H32N6O/c1-3-21-19-11-12-26(24(19)32(4-2)30-21)13-15-31(16-14-26)23-10-9-18(17-28-23)25(33)29-22-8-6-5-7-20(22)27/h5-10,17H,3-4,11-16,27H2,1-2H3,(H,29,33). The summed E-state index contributed by atoms with van der Waals surface area (Å²) < 4.78 is 2.27. The van der Waals surface area contributed by atoms with Gasteiger partial charge in [0.2, 0.25) is 0 Å². The lowest BCUT2D eigenvalue weighted by atomic mass is 9.76. The van der Waals surface area contributed by atoms with Crippen LogP contribution in [0.25, 0.3) is 0 Å². The van der Waals surface area contributed by atoms with Gasteiger partial charge in [-0.05, 0) is 68.9 Å². The zero-order chi connectivity index (χ0) is 23.0. The molecule has 3 N–H and O–H groups in total. The smallest absolute Gasteiger partial charge is 0.257 e. The maximum Gasteiger partial charge on any atom is 0.257 e. The lowest BCUT2D eigenvalue weighted by Gasteiger charge is -2.40. The first kappa shape index (κ1) is 21.5. The third-order valence-corrected chi connectivity index (χ3v) is 7.39. The molecule has 0 radical (unpaired) electrons. The monoisotopic (exact) mass is 444 g/mol. The third kappa shape index (κ3) is 3.75. The number of aryl methyl sites for hydroxylation is 2. The van der Waals surface area contributed by atoms with Crippen molar-refractivity contribution in [2.75, 3.05) is 29.0 Å². The van der Waals surface area contributed by atoms with Crippen LogP contribution in [0.1, 0.15) is 60.4 Å². The van der Waals surface area contributed by atoms with Crippen molar-refractivity contribution >= 4 is 23.1 Å². The average Bonchev–Trinajstić information content (AvgIpc) is 3.40. The molecule has 1 spiro atoms. The van der Waals surface area contributed by atoms with E-state index in [9.17, 15) is 4.79 Å². The summed E-state index contributed by atoms with van der Waals surface area (Å²) in [6, 6.07) is 11.0. The van der Waals surface area contributed by atoms with Crippen LogP contribution in [0.2, 0.25) is 0 Å². The van der Waals surface area contributed by atoms with Gasteiger partial charge < -0.3 is 16.0 Å². The van der Waals surface area contributed by atoms with Gasteiger partial charge in [0.1, 0.15) is 5.82 Å². The Labute approximate surface area is 195 Å². The predicted molar refractivity (Wildman–Crippen MR) is 132 cm³/mol. The topological polar surface area (TPSA) is 89.1 Å². The summed E-state index contributed by atoms with van der Waals surface area (Å²) in [7, 11) is 0. The SMILES string of the molecule is CCc1nn(CC)c2c1CCC21CCN(c2ccc(C(=O)Nc3ccccc3N)cn2)CC1. The number of nitrogens with two attached hydrogens (primary N) is 1. The van der Waals surface area contributed by atoms with E-state index in [2.05, 4.69) is 33.7 Å². The van der Waals surface area contributed by atoms with E-state index in [-0.39, 0.29) is 11.3 Å². The van der Waals surface area contributed by atoms with Gasteiger partial charge in [0.05, 0.1) is 22.6 Å². The number of hydrogen-bond donors (Lipinski definition) is 2. The number of fused-ring (bicyclic) bond motifs is 2. The van der Waals surface area contributed by atoms with Crippen molar-refractivity contribution in [3.05, 3.63) is 65.1 Å². The van der Waals surface area contributed by atoms with Gasteiger partial charge in [-0.1, -0.05) is 19.1 Å². The highest BCUT2D eigenvalue weighted by Crippen LogP contribution is 2.47. The van der Waals surface area contributed by atoms with Crippen LogP contribution in [0, 0.1) is 0 Å². The van der Waals surface area contributed by atoms with E-state index in [1.165, 1.54) is 23.4 Å². The number of amides is 1. The van der Waals surface area contributed by atoms with Crippen LogP contribution >= 0.6 is 0 Å². The Morgan fingerprint density at radius 1 is 1.12 bits per heavy atom. The third-order valence-electron chi connectivity index (χ3n) is 7.39. The largest absolute Gasteiger partial charge is 0.397 e. The normalized spacial score (nSPS) is 16.7. The highest BCUT2D eigenvalue weighted by Gasteiger charge is 2.45. The number of para-hydroxylation sites is 2. The minimum Gasteiger partial charge on any atom is -0.397 e. The second-order valence-electron chi connectivity index (χ2n) is 9.16. The molecule has 0 saturated carbocycles. The van der Waals surface area contributed by atoms with Gasteiger partial charge in [0.25, 0.3) is 5.91 Å². The quantitative estimate of drug-likeness (QED) is 0.576. The minimum atomic E-state index is -0.206. The molecule has 5 rings (SSSR count). The number of hydrogen-bond acceptors (Lipinski definition) is 5. The molecular formula is C26H32N6O. The molecule has 1 aliphatic carbocycles. The Bertz CT molecular complexity index is 1160. The molecular weight excluding hydrogens is 412 g/mol. The number of nitrogens with one attached hydrogen (secondary N) is 1. The number of carbonyl (C=O) groups excluding carboxylic acids is 1. The van der Waals surface area contributed by atoms with Crippen LogP contribution in [-0.4, -0.2) is 33.8 Å². The average molecular weight is 445 g/mol. The fourth-order valence-corrected chi connectivity index (χ4v) is 5.56. The second kappa shape index (κ2) is 8.54. The van der Waals surface area contributed by atoms with E-state index in [1.807, 2.05) is 24.3 Å². The van der Waals surface area contributed by atoms with E-state index in [4.69, 9.17) is 10.8 Å². The summed E-state index contributed by atoms with van der Waals surface area (Å²) in [4.78, 5) is 19.6. The van der Waals surface area contributed by atoms with Gasteiger partial charge in [-0.15, -0.1) is 0 Å². The number of carbonyl (C=O) groups is 1. The Morgan fingerprint density at radius 2 is 1.91 bits per heavy atom. The maximum absolute atomic E-state index is 12.6. The number of rotatable bonds is 5. The van der Waals surface area contributed by atoms with Crippen molar-refractivity contribution in [1.82, 2.24) is 14.8 Å². The Morgan fingerprint density at radius 3 is 2.58 bits per heavy atom. The number of nitrogen functional groups attached to an aromatic ring is 1. The van der Waals surface area contributed by atoms with Crippen LogP contribution in [0.3, 0.4) is 0 Å². The van der Waals surface area contributed by atoms with Gasteiger partial charge in [0.15, 0.2) is 0 Å². The molecule has 1 amide bonds. The van der Waals surface area contributed by atoms with Gasteiger partial charge in [-0.3, -0.25) is 9.48 Å². The number of piperidine rings is 1. The van der Waals surface area contributed by atoms with Gasteiger partial charge in [0, 0.05) is 36.9 Å². The van der Waals surface area contributed by atoms with Crippen LogP contribution in [0.15, 0.2) is 42.6 Å². The van der Waals surface area contributed by atoms with Gasteiger partial charge in [-0.25, -0.2) is 4.98 Å². The van der Waals surface area contributed by atoms with E-state index >= 15 is 0 Å². The molecule has 0 unspecified atom stereocenters. The molecule has 7 nitrogen and oxygen atoms in total. The number of pyridine rings is 1. The number of anilines is 3. The zero-order valence-electron chi connectivity index (χ0n) is 19.5. The number of nitrogens with zero attached hydrogens (tertiary/aromatic N) is 4. The first-order chi connectivity index (χ1) is 16.0. The van der Waals surface area contributed by atoms with Gasteiger partial charge >= 0.3 is 0 Å². The minimum absolute atomic E-state index is 0.206. The highest BCUT2D eigenvalue weighted by molar-refractivity contribution is 6.05. The van der Waals surface area contributed by atoms with Crippen LogP contribution in [0.4, 0.5) is 17.2 Å². The summed E-state index contributed by atoms with van der Waals surface area (Å²) >= 11 is 0. The Hall–Kier alpha value is -3.35. The molecule has 2 aromatic heterocycles. The number of aromatic nitrogens is 3. The molecule has 1 saturated heterocycles. The molecule has 7 heteroatoms. The molecule has 172 valence electrons. The zero-order valence-corrected chi connectivity index (χ0v) is 19.5. The number of benzene rings is 1. The molecule has 33 heavy (non-hydrogen) atoms. The lowest BCUT2D eigenvalue weighted by Crippen LogP contribution is -2.43. The first-order valence-corrected chi connectivity index (χ1v) is 12.0. The van der Waals surface area contributed by atoms with E-state index in [0.717, 1.165) is 51.1 Å². The first-order valence-electron chi connectivity index (χ1n) is 12.0. The summed E-state index contributed by atoms with van der Waals surface area (Å²) in [5.41, 5.74) is 12.2. The molecule has 1 fully saturated rings. The van der Waals surface area contributed by atoms with Gasteiger partial charge in [-0.2, -0.15) is 5.10 Å². The molecule has 1 aromatic carbocycles. The van der Waals surface area contributed by atoms with Crippen molar-refractivity contribution in [1.29, 1.82) is 0 Å². The Balaban J connectivity index is 1.27. The van der Waals surface area contributed by atoms with Crippen molar-refractivity contribution in [3.8, 4) is 0 Å². The fraction of sp³-hybridized carbons (Fsp3) is 0.423. The Kier molecular flexibility index (Phi) is 5.56. The maximum atomic E-state index is 12.6. The summed E-state index contributed by atoms with van der Waals surface area (Å²) in [6.07, 6.45) is 7.29. The molecule has 0 bridgehead atoms. The molecule has 2 aliphatic rings. The molecule has 1 aliphatic heterocycles. The summed E-state index contributed by atoms with van der Waals surface area (Å²) in [5, 5.41) is 7.76. The summed E-state index contributed by atoms with van der Waals surface area (Å²) in [5.74, 6) is 0.722. The van der Waals surface area contributed by atoms with E-state index in [1.54, 1.807) is 18.3 Å². The van der Waals surface area contributed by atoms with Crippen molar-refractivity contribution in [2.45, 2.75) is 57.9 Å². The molecule has 0 atom stereocenters. The summed E-state index contributed by atoms with van der Waals surface area (Å²) in [6.45, 7) is 7.28. The van der Waals surface area contributed by atoms with Crippen LogP contribution < -0.4 is 16.0 Å². The van der Waals surface area contributed by atoms with Crippen molar-refractivity contribution < 1.29 is 4.79 Å². The highest BCUT2D eigenvalue weighted by atomic mass is 16.1. The van der Waals surface area contributed by atoms with E-state index < -0.39 is 0 Å². The fourth-order valence-electron chi connectivity index (χ4n) is 5.56. The molecule has 3 aromatic rings. The van der Waals surface area contributed by atoms with E-state index in [0.29, 0.717) is 16.9 Å². The van der Waals surface area contributed by atoms with Crippen LogP contribution in [-0.2, 0) is 24.8 Å². The second-order valence-corrected chi connectivity index (χ2v) is 9.16. The van der Waals surface area contributed by atoms with Crippen molar-refractivity contribution in [3.63, 3.8) is 0 Å². The molecule has 3 heterocycles. The lowest BCUT2D eigenvalue weighted by molar-refractivity contribution is 0.102. The van der Waals surface area contributed by atoms with Crippen LogP contribution in [0.5, 0.6) is 0 Å².